The molecule has 0 amide bonds. The molecule has 0 atom stereocenters. The predicted octanol–water partition coefficient (Wildman–Crippen LogP) is 3.35. The predicted molar refractivity (Wildman–Crippen MR) is 82.8 cm³/mol. The number of ether oxygens (including phenoxy) is 2. The number of rotatable bonds is 10. The molecule has 116 valence electrons. The molecule has 0 aromatic carbocycles. The van der Waals surface area contributed by atoms with Crippen molar-refractivity contribution < 1.29 is 19.1 Å². The summed E-state index contributed by atoms with van der Waals surface area (Å²) in [6.07, 6.45) is 4.59. The standard InChI is InChI=1S/C15H26O4S/c1-5-13(16)18-10-12-20-11-8-6-7-9-14(17)19-15(2,3)4/h5H,1,6-12H2,2-4H3. The van der Waals surface area contributed by atoms with Crippen molar-refractivity contribution in [2.75, 3.05) is 18.1 Å². The van der Waals surface area contributed by atoms with Gasteiger partial charge in [-0.05, 0) is 39.4 Å². The van der Waals surface area contributed by atoms with Crippen molar-refractivity contribution in [1.29, 1.82) is 0 Å². The molecule has 0 aliphatic carbocycles. The molecule has 0 aliphatic heterocycles. The molecule has 0 N–H and O–H groups in total. The summed E-state index contributed by atoms with van der Waals surface area (Å²) in [6.45, 7) is 9.38. The van der Waals surface area contributed by atoms with E-state index >= 15 is 0 Å². The molecule has 20 heavy (non-hydrogen) atoms. The van der Waals surface area contributed by atoms with Gasteiger partial charge >= 0.3 is 11.9 Å². The molecular formula is C15H26O4S. The quantitative estimate of drug-likeness (QED) is 0.352. The van der Waals surface area contributed by atoms with Gasteiger partial charge in [-0.25, -0.2) is 4.79 Å². The van der Waals surface area contributed by atoms with Crippen molar-refractivity contribution in [3.63, 3.8) is 0 Å². The summed E-state index contributed by atoms with van der Waals surface area (Å²) in [7, 11) is 0. The lowest BCUT2D eigenvalue weighted by molar-refractivity contribution is -0.155. The Morgan fingerprint density at radius 3 is 2.45 bits per heavy atom. The highest BCUT2D eigenvalue weighted by molar-refractivity contribution is 7.99. The highest BCUT2D eigenvalue weighted by Crippen LogP contribution is 2.12. The van der Waals surface area contributed by atoms with Crippen LogP contribution in [0.1, 0.15) is 46.5 Å². The first-order chi connectivity index (χ1) is 9.35. The van der Waals surface area contributed by atoms with Gasteiger partial charge in [0.05, 0.1) is 0 Å². The van der Waals surface area contributed by atoms with Crippen molar-refractivity contribution in [2.24, 2.45) is 0 Å². The van der Waals surface area contributed by atoms with Crippen LogP contribution in [0.25, 0.3) is 0 Å². The molecule has 0 spiro atoms. The van der Waals surface area contributed by atoms with E-state index in [4.69, 9.17) is 9.47 Å². The van der Waals surface area contributed by atoms with Crippen LogP contribution in [0.3, 0.4) is 0 Å². The normalized spacial score (nSPS) is 10.9. The van der Waals surface area contributed by atoms with Crippen molar-refractivity contribution in [1.82, 2.24) is 0 Å². The van der Waals surface area contributed by atoms with Gasteiger partial charge in [0.1, 0.15) is 12.2 Å². The summed E-state index contributed by atoms with van der Waals surface area (Å²) >= 11 is 1.75. The first kappa shape index (κ1) is 19.0. The topological polar surface area (TPSA) is 52.6 Å². The lowest BCUT2D eigenvalue weighted by atomic mass is 10.2. The van der Waals surface area contributed by atoms with E-state index in [1.807, 2.05) is 20.8 Å². The second-order valence-electron chi connectivity index (χ2n) is 5.38. The van der Waals surface area contributed by atoms with Crippen LogP contribution in [0, 0.1) is 0 Å². The van der Waals surface area contributed by atoms with Crippen LogP contribution in [-0.4, -0.2) is 35.7 Å². The van der Waals surface area contributed by atoms with Crippen LogP contribution >= 0.6 is 11.8 Å². The number of thioether (sulfide) groups is 1. The average molecular weight is 302 g/mol. The Kier molecular flexibility index (Phi) is 10.3. The minimum Gasteiger partial charge on any atom is -0.462 e. The molecule has 0 saturated heterocycles. The number of unbranched alkanes of at least 4 members (excludes halogenated alkanes) is 2. The highest BCUT2D eigenvalue weighted by atomic mass is 32.2. The Morgan fingerprint density at radius 2 is 1.85 bits per heavy atom. The van der Waals surface area contributed by atoms with E-state index in [1.165, 1.54) is 6.08 Å². The maximum Gasteiger partial charge on any atom is 0.330 e. The first-order valence-corrected chi connectivity index (χ1v) is 8.09. The summed E-state index contributed by atoms with van der Waals surface area (Å²) < 4.78 is 10.1. The van der Waals surface area contributed by atoms with Crippen molar-refractivity contribution in [2.45, 2.75) is 52.1 Å². The Labute approximate surface area is 126 Å². The fourth-order valence-electron chi connectivity index (χ4n) is 1.40. The Morgan fingerprint density at radius 1 is 1.15 bits per heavy atom. The molecular weight excluding hydrogens is 276 g/mol. The van der Waals surface area contributed by atoms with Crippen molar-refractivity contribution >= 4 is 23.7 Å². The monoisotopic (exact) mass is 302 g/mol. The minimum atomic E-state index is -0.393. The number of hydrogen-bond donors (Lipinski definition) is 0. The molecule has 0 heterocycles. The van der Waals surface area contributed by atoms with E-state index in [9.17, 15) is 9.59 Å². The summed E-state index contributed by atoms with van der Waals surface area (Å²) in [4.78, 5) is 22.2. The molecule has 0 saturated carbocycles. The minimum absolute atomic E-state index is 0.124. The third-order valence-corrected chi connectivity index (χ3v) is 3.26. The van der Waals surface area contributed by atoms with Gasteiger partial charge in [-0.15, -0.1) is 0 Å². The summed E-state index contributed by atoms with van der Waals surface area (Å²) in [5.41, 5.74) is -0.393. The van der Waals surface area contributed by atoms with Gasteiger partial charge in [-0.3, -0.25) is 4.79 Å². The maximum atomic E-state index is 11.4. The summed E-state index contributed by atoms with van der Waals surface area (Å²) in [5.74, 6) is 1.32. The smallest absolute Gasteiger partial charge is 0.330 e. The second kappa shape index (κ2) is 10.8. The third kappa shape index (κ3) is 13.5. The largest absolute Gasteiger partial charge is 0.462 e. The fraction of sp³-hybridized carbons (Fsp3) is 0.733. The Balaban J connectivity index is 3.31. The van der Waals surface area contributed by atoms with E-state index < -0.39 is 5.60 Å². The molecule has 0 fully saturated rings. The zero-order valence-corrected chi connectivity index (χ0v) is 13.6. The van der Waals surface area contributed by atoms with Crippen LogP contribution in [0.15, 0.2) is 12.7 Å². The van der Waals surface area contributed by atoms with Crippen LogP contribution in [0.4, 0.5) is 0 Å². The molecule has 0 aliphatic rings. The van der Waals surface area contributed by atoms with E-state index in [0.717, 1.165) is 30.8 Å². The summed E-state index contributed by atoms with van der Waals surface area (Å²) in [5, 5.41) is 0. The SMILES string of the molecule is C=CC(=O)OCCSCCCCCC(=O)OC(C)(C)C. The zero-order valence-electron chi connectivity index (χ0n) is 12.8. The van der Waals surface area contributed by atoms with E-state index in [1.54, 1.807) is 11.8 Å². The lowest BCUT2D eigenvalue weighted by Crippen LogP contribution is -2.23. The second-order valence-corrected chi connectivity index (χ2v) is 6.61. The lowest BCUT2D eigenvalue weighted by Gasteiger charge is -2.19. The average Bonchev–Trinajstić information content (AvgIpc) is 2.34. The van der Waals surface area contributed by atoms with Crippen LogP contribution in [-0.2, 0) is 19.1 Å². The van der Waals surface area contributed by atoms with Crippen LogP contribution < -0.4 is 0 Å². The van der Waals surface area contributed by atoms with E-state index in [0.29, 0.717) is 13.0 Å². The Bertz CT molecular complexity index is 307. The number of carbonyl (C=O) groups is 2. The maximum absolute atomic E-state index is 11.4. The van der Waals surface area contributed by atoms with Crippen LogP contribution in [0.2, 0.25) is 0 Å². The number of carbonyl (C=O) groups excluding carboxylic acids is 2. The van der Waals surface area contributed by atoms with Gasteiger partial charge in [0.25, 0.3) is 0 Å². The molecule has 0 aromatic heterocycles. The molecule has 0 radical (unpaired) electrons. The highest BCUT2D eigenvalue weighted by Gasteiger charge is 2.15. The fourth-order valence-corrected chi connectivity index (χ4v) is 2.22. The van der Waals surface area contributed by atoms with E-state index in [2.05, 4.69) is 6.58 Å². The molecule has 0 aromatic rings. The van der Waals surface area contributed by atoms with Gasteiger partial charge in [0, 0.05) is 18.2 Å². The van der Waals surface area contributed by atoms with Crippen molar-refractivity contribution in [3.05, 3.63) is 12.7 Å². The first-order valence-electron chi connectivity index (χ1n) is 6.94. The number of esters is 2. The zero-order chi connectivity index (χ0) is 15.4. The van der Waals surface area contributed by atoms with Crippen molar-refractivity contribution in [3.8, 4) is 0 Å². The van der Waals surface area contributed by atoms with Gasteiger partial charge < -0.3 is 9.47 Å². The van der Waals surface area contributed by atoms with Gasteiger partial charge in [0.15, 0.2) is 0 Å². The molecule has 0 rings (SSSR count). The van der Waals surface area contributed by atoms with E-state index in [-0.39, 0.29) is 11.9 Å². The van der Waals surface area contributed by atoms with Gasteiger partial charge in [-0.2, -0.15) is 11.8 Å². The molecule has 0 unspecified atom stereocenters. The van der Waals surface area contributed by atoms with Crippen LogP contribution in [0.5, 0.6) is 0 Å². The molecule has 0 bridgehead atoms. The van der Waals surface area contributed by atoms with Gasteiger partial charge in [0.2, 0.25) is 0 Å². The molecule has 4 nitrogen and oxygen atoms in total. The number of hydrogen-bond acceptors (Lipinski definition) is 5. The molecule has 5 heteroatoms. The summed E-state index contributed by atoms with van der Waals surface area (Å²) in [6, 6.07) is 0. The van der Waals surface area contributed by atoms with Gasteiger partial charge in [-0.1, -0.05) is 13.0 Å². The third-order valence-electron chi connectivity index (χ3n) is 2.23. The Hall–Kier alpha value is -0.970.